The lowest BCUT2D eigenvalue weighted by Gasteiger charge is -2.29. The minimum atomic E-state index is -0.172. The summed E-state index contributed by atoms with van der Waals surface area (Å²) in [6.45, 7) is 5.42. The molecule has 1 aliphatic heterocycles. The Hall–Kier alpha value is -1.83. The van der Waals surface area contributed by atoms with Crippen LogP contribution in [0.15, 0.2) is 18.2 Å². The van der Waals surface area contributed by atoms with E-state index in [1.54, 1.807) is 19.1 Å². The van der Waals surface area contributed by atoms with Crippen LogP contribution in [0.5, 0.6) is 5.75 Å². The Balaban J connectivity index is 0.00000312. The standard InChI is InChI=1S/C17H26N4O3.ClH/c1-13-4-5-15(24-3)14(10-13)19-16(22)11-20(2)12-17(23)21-8-6-18-7-9-21;/h4-5,10,18H,6-9,11-12H2,1-3H3,(H,19,22);1H. The quantitative estimate of drug-likeness (QED) is 0.772. The maximum Gasteiger partial charge on any atom is 0.238 e. The van der Waals surface area contributed by atoms with Crippen molar-refractivity contribution < 1.29 is 14.3 Å². The lowest BCUT2D eigenvalue weighted by Crippen LogP contribution is -2.49. The topological polar surface area (TPSA) is 73.9 Å². The number of aryl methyl sites for hydroxylation is 1. The zero-order valence-electron chi connectivity index (χ0n) is 15.0. The fraction of sp³-hybridized carbons (Fsp3) is 0.529. The lowest BCUT2D eigenvalue weighted by molar-refractivity contribution is -0.133. The molecule has 7 nitrogen and oxygen atoms in total. The van der Waals surface area contributed by atoms with Gasteiger partial charge in [0.1, 0.15) is 5.75 Å². The molecule has 1 aromatic carbocycles. The molecule has 140 valence electrons. The second-order valence-corrected chi connectivity index (χ2v) is 6.05. The highest BCUT2D eigenvalue weighted by Gasteiger charge is 2.19. The summed E-state index contributed by atoms with van der Waals surface area (Å²) in [5, 5.41) is 6.06. The lowest BCUT2D eigenvalue weighted by atomic mass is 10.2. The number of hydrogen-bond donors (Lipinski definition) is 2. The van der Waals surface area contributed by atoms with Crippen LogP contribution in [0.1, 0.15) is 5.56 Å². The number of methoxy groups -OCH3 is 1. The van der Waals surface area contributed by atoms with Gasteiger partial charge < -0.3 is 20.3 Å². The molecular weight excluding hydrogens is 344 g/mol. The van der Waals surface area contributed by atoms with Gasteiger partial charge in [-0.05, 0) is 31.7 Å². The normalized spacial score (nSPS) is 14.0. The van der Waals surface area contributed by atoms with E-state index in [2.05, 4.69) is 10.6 Å². The van der Waals surface area contributed by atoms with Crippen LogP contribution in [0.25, 0.3) is 0 Å². The van der Waals surface area contributed by atoms with Crippen molar-refractivity contribution in [3.63, 3.8) is 0 Å². The molecule has 0 aliphatic carbocycles. The molecule has 0 aromatic heterocycles. The van der Waals surface area contributed by atoms with Crippen molar-refractivity contribution in [1.29, 1.82) is 0 Å². The predicted molar refractivity (Wildman–Crippen MR) is 101 cm³/mol. The number of rotatable bonds is 6. The molecule has 2 amide bonds. The van der Waals surface area contributed by atoms with Crippen molar-refractivity contribution in [3.8, 4) is 5.75 Å². The van der Waals surface area contributed by atoms with E-state index < -0.39 is 0 Å². The number of benzene rings is 1. The van der Waals surface area contributed by atoms with Crippen molar-refractivity contribution in [1.82, 2.24) is 15.1 Å². The van der Waals surface area contributed by atoms with Crippen LogP contribution in [-0.2, 0) is 9.59 Å². The predicted octanol–water partition coefficient (Wildman–Crippen LogP) is 0.728. The molecule has 0 radical (unpaired) electrons. The SMILES string of the molecule is COc1ccc(C)cc1NC(=O)CN(C)CC(=O)N1CCNCC1.Cl. The second-order valence-electron chi connectivity index (χ2n) is 6.05. The summed E-state index contributed by atoms with van der Waals surface area (Å²) in [4.78, 5) is 28.0. The van der Waals surface area contributed by atoms with Crippen LogP contribution in [-0.4, -0.2) is 75.0 Å². The van der Waals surface area contributed by atoms with E-state index in [1.807, 2.05) is 30.0 Å². The largest absolute Gasteiger partial charge is 0.495 e. The molecule has 1 aliphatic rings. The molecular formula is C17H27ClN4O3. The van der Waals surface area contributed by atoms with E-state index in [-0.39, 0.29) is 37.3 Å². The maximum absolute atomic E-state index is 12.2. The van der Waals surface area contributed by atoms with Gasteiger partial charge in [0.2, 0.25) is 11.8 Å². The molecule has 25 heavy (non-hydrogen) atoms. The molecule has 0 atom stereocenters. The van der Waals surface area contributed by atoms with Crippen molar-refractivity contribution >= 4 is 29.9 Å². The molecule has 0 spiro atoms. The first-order valence-electron chi connectivity index (χ1n) is 8.11. The highest BCUT2D eigenvalue weighted by Crippen LogP contribution is 2.25. The smallest absolute Gasteiger partial charge is 0.238 e. The number of piperazine rings is 1. The number of nitrogens with one attached hydrogen (secondary N) is 2. The fourth-order valence-corrected chi connectivity index (χ4v) is 2.66. The molecule has 8 heteroatoms. The minimum absolute atomic E-state index is 0. The van der Waals surface area contributed by atoms with Gasteiger partial charge in [0.05, 0.1) is 25.9 Å². The molecule has 0 bridgehead atoms. The van der Waals surface area contributed by atoms with Gasteiger partial charge in [0, 0.05) is 26.2 Å². The fourth-order valence-electron chi connectivity index (χ4n) is 2.66. The average Bonchev–Trinajstić information content (AvgIpc) is 2.55. The first kappa shape index (κ1) is 21.2. The van der Waals surface area contributed by atoms with Gasteiger partial charge in [-0.1, -0.05) is 6.07 Å². The molecule has 1 heterocycles. The third-order valence-corrected chi connectivity index (χ3v) is 3.92. The Kier molecular flexibility index (Phi) is 8.68. The summed E-state index contributed by atoms with van der Waals surface area (Å²) in [5.41, 5.74) is 1.68. The Labute approximate surface area is 155 Å². The zero-order chi connectivity index (χ0) is 17.5. The summed E-state index contributed by atoms with van der Waals surface area (Å²) in [5.74, 6) is 0.503. The number of ether oxygens (including phenoxy) is 1. The number of hydrogen-bond acceptors (Lipinski definition) is 5. The second kappa shape index (κ2) is 10.2. The van der Waals surface area contributed by atoms with Crippen LogP contribution in [0.2, 0.25) is 0 Å². The first-order valence-corrected chi connectivity index (χ1v) is 8.11. The number of carbonyl (C=O) groups is 2. The van der Waals surface area contributed by atoms with Gasteiger partial charge in [0.15, 0.2) is 0 Å². The van der Waals surface area contributed by atoms with Gasteiger partial charge in [-0.15, -0.1) is 12.4 Å². The van der Waals surface area contributed by atoms with E-state index in [9.17, 15) is 9.59 Å². The van der Waals surface area contributed by atoms with Crippen molar-refractivity contribution in [2.24, 2.45) is 0 Å². The number of carbonyl (C=O) groups excluding carboxylic acids is 2. The van der Waals surface area contributed by atoms with E-state index in [0.29, 0.717) is 11.4 Å². The van der Waals surface area contributed by atoms with E-state index in [1.165, 1.54) is 0 Å². The third kappa shape index (κ3) is 6.53. The number of anilines is 1. The van der Waals surface area contributed by atoms with Gasteiger partial charge in [-0.2, -0.15) is 0 Å². The summed E-state index contributed by atoms with van der Waals surface area (Å²) in [6, 6.07) is 5.61. The van der Waals surface area contributed by atoms with Crippen LogP contribution in [0.4, 0.5) is 5.69 Å². The van der Waals surface area contributed by atoms with Gasteiger partial charge in [0.25, 0.3) is 0 Å². The molecule has 2 rings (SSSR count). The Bertz CT molecular complexity index is 591. The highest BCUT2D eigenvalue weighted by molar-refractivity contribution is 5.94. The van der Waals surface area contributed by atoms with Crippen LogP contribution < -0.4 is 15.4 Å². The molecule has 1 saturated heterocycles. The zero-order valence-corrected chi connectivity index (χ0v) is 15.8. The van der Waals surface area contributed by atoms with Crippen LogP contribution in [0.3, 0.4) is 0 Å². The van der Waals surface area contributed by atoms with Crippen LogP contribution in [0, 0.1) is 6.92 Å². The summed E-state index contributed by atoms with van der Waals surface area (Å²) < 4.78 is 5.26. The monoisotopic (exact) mass is 370 g/mol. The Morgan fingerprint density at radius 1 is 1.28 bits per heavy atom. The number of halogens is 1. The van der Waals surface area contributed by atoms with Gasteiger partial charge >= 0.3 is 0 Å². The molecule has 0 saturated carbocycles. The number of likely N-dealkylation sites (N-methyl/N-ethyl adjacent to an activating group) is 1. The van der Waals surface area contributed by atoms with Gasteiger partial charge in [-0.3, -0.25) is 14.5 Å². The van der Waals surface area contributed by atoms with Gasteiger partial charge in [-0.25, -0.2) is 0 Å². The van der Waals surface area contributed by atoms with Crippen molar-refractivity contribution in [3.05, 3.63) is 23.8 Å². The first-order chi connectivity index (χ1) is 11.5. The highest BCUT2D eigenvalue weighted by atomic mass is 35.5. The van der Waals surface area contributed by atoms with Crippen LogP contribution >= 0.6 is 12.4 Å². The average molecular weight is 371 g/mol. The van der Waals surface area contributed by atoms with E-state index >= 15 is 0 Å². The number of amides is 2. The van der Waals surface area contributed by atoms with E-state index in [0.717, 1.165) is 31.7 Å². The third-order valence-electron chi connectivity index (χ3n) is 3.92. The maximum atomic E-state index is 12.2. The number of nitrogens with zero attached hydrogens (tertiary/aromatic N) is 2. The van der Waals surface area contributed by atoms with Crippen molar-refractivity contribution in [2.45, 2.75) is 6.92 Å². The Morgan fingerprint density at radius 2 is 1.96 bits per heavy atom. The van der Waals surface area contributed by atoms with Crippen molar-refractivity contribution in [2.75, 3.05) is 58.7 Å². The molecule has 0 unspecified atom stereocenters. The summed E-state index contributed by atoms with van der Waals surface area (Å²) in [6.07, 6.45) is 0. The summed E-state index contributed by atoms with van der Waals surface area (Å²) >= 11 is 0. The summed E-state index contributed by atoms with van der Waals surface area (Å²) in [7, 11) is 3.34. The Morgan fingerprint density at radius 3 is 2.60 bits per heavy atom. The minimum Gasteiger partial charge on any atom is -0.495 e. The molecule has 1 fully saturated rings. The molecule has 2 N–H and O–H groups in total. The van der Waals surface area contributed by atoms with E-state index in [4.69, 9.17) is 4.74 Å². The molecule has 1 aromatic rings.